The molecule has 4 rings (SSSR count). The molecule has 0 radical (unpaired) electrons. The van der Waals surface area contributed by atoms with E-state index in [-0.39, 0.29) is 5.91 Å². The third kappa shape index (κ3) is 4.24. The van der Waals surface area contributed by atoms with Crippen LogP contribution in [-0.4, -0.2) is 57.8 Å². The van der Waals surface area contributed by atoms with E-state index in [1.807, 2.05) is 46.6 Å². The van der Waals surface area contributed by atoms with E-state index in [0.717, 1.165) is 67.4 Å². The van der Waals surface area contributed by atoms with Crippen LogP contribution in [0, 0.1) is 0 Å². The summed E-state index contributed by atoms with van der Waals surface area (Å²) in [6, 6.07) is 8.39. The van der Waals surface area contributed by atoms with E-state index in [4.69, 9.17) is 11.6 Å². The first-order chi connectivity index (χ1) is 13.6. The minimum absolute atomic E-state index is 0.105. The van der Waals surface area contributed by atoms with E-state index in [1.165, 1.54) is 11.3 Å². The van der Waals surface area contributed by atoms with Crippen LogP contribution in [0.15, 0.2) is 24.3 Å². The van der Waals surface area contributed by atoms with Crippen molar-refractivity contribution in [1.29, 1.82) is 0 Å². The molecule has 0 spiro atoms. The zero-order valence-corrected chi connectivity index (χ0v) is 17.9. The van der Waals surface area contributed by atoms with Crippen molar-refractivity contribution in [1.82, 2.24) is 20.0 Å². The number of carbonyl (C=O) groups is 1. The van der Waals surface area contributed by atoms with E-state index in [2.05, 4.69) is 16.5 Å². The van der Waals surface area contributed by atoms with Crippen LogP contribution >= 0.6 is 23.4 Å². The molecule has 1 amide bonds. The second-order valence-electron chi connectivity index (χ2n) is 7.54. The van der Waals surface area contributed by atoms with E-state index in [9.17, 15) is 4.79 Å². The van der Waals surface area contributed by atoms with Crippen molar-refractivity contribution in [2.75, 3.05) is 31.1 Å². The van der Waals surface area contributed by atoms with Crippen LogP contribution in [0.4, 0.5) is 0 Å². The van der Waals surface area contributed by atoms with E-state index >= 15 is 0 Å². The molecule has 2 heterocycles. The van der Waals surface area contributed by atoms with Crippen molar-refractivity contribution in [3.63, 3.8) is 0 Å². The lowest BCUT2D eigenvalue weighted by Gasteiger charge is -2.27. The molecule has 1 fully saturated rings. The summed E-state index contributed by atoms with van der Waals surface area (Å²) in [5.74, 6) is 2.15. The normalized spacial score (nSPS) is 19.5. The molecule has 2 aromatic rings. The van der Waals surface area contributed by atoms with Gasteiger partial charge in [0.05, 0.1) is 0 Å². The number of nitrogens with one attached hydrogen (secondary N) is 1. The van der Waals surface area contributed by atoms with Gasteiger partial charge in [0.2, 0.25) is 0 Å². The maximum atomic E-state index is 13.0. The van der Waals surface area contributed by atoms with E-state index < -0.39 is 0 Å². The summed E-state index contributed by atoms with van der Waals surface area (Å²) in [6.45, 7) is 2.54. The number of carbonyl (C=O) groups excluding carboxylic acids is 1. The fourth-order valence-electron chi connectivity index (χ4n) is 4.16. The van der Waals surface area contributed by atoms with Gasteiger partial charge in [-0.3, -0.25) is 9.48 Å². The topological polar surface area (TPSA) is 50.2 Å². The van der Waals surface area contributed by atoms with Gasteiger partial charge < -0.3 is 10.2 Å². The molecule has 1 N–H and O–H groups in total. The predicted octanol–water partition coefficient (Wildman–Crippen LogP) is 2.95. The van der Waals surface area contributed by atoms with Gasteiger partial charge in [0.25, 0.3) is 5.91 Å². The molecule has 1 atom stereocenters. The molecule has 1 unspecified atom stereocenters. The van der Waals surface area contributed by atoms with Crippen molar-refractivity contribution in [2.45, 2.75) is 31.7 Å². The quantitative estimate of drug-likeness (QED) is 0.811. The molecule has 1 aromatic heterocycles. The van der Waals surface area contributed by atoms with Gasteiger partial charge in [0.1, 0.15) is 0 Å². The lowest BCUT2D eigenvalue weighted by Crippen LogP contribution is -2.40. The first kappa shape index (κ1) is 19.8. The van der Waals surface area contributed by atoms with Crippen LogP contribution in [0.5, 0.6) is 0 Å². The summed E-state index contributed by atoms with van der Waals surface area (Å²) in [5.41, 5.74) is 4.21. The van der Waals surface area contributed by atoms with Crippen molar-refractivity contribution in [2.24, 2.45) is 7.05 Å². The Balaban J connectivity index is 1.41. The van der Waals surface area contributed by atoms with Crippen molar-refractivity contribution in [3.8, 4) is 0 Å². The molecule has 1 aliphatic heterocycles. The first-order valence-corrected chi connectivity index (χ1v) is 11.6. The van der Waals surface area contributed by atoms with Gasteiger partial charge in [-0.15, -0.1) is 0 Å². The second-order valence-corrected chi connectivity index (χ2v) is 9.17. The maximum Gasteiger partial charge on any atom is 0.274 e. The Morgan fingerprint density at radius 3 is 2.89 bits per heavy atom. The maximum absolute atomic E-state index is 13.0. The van der Waals surface area contributed by atoms with Crippen molar-refractivity contribution in [3.05, 3.63) is 51.8 Å². The van der Waals surface area contributed by atoms with E-state index in [1.54, 1.807) is 0 Å². The number of rotatable bonds is 5. The van der Waals surface area contributed by atoms with Gasteiger partial charge in [-0.1, -0.05) is 29.8 Å². The van der Waals surface area contributed by atoms with Gasteiger partial charge in [-0.05, 0) is 43.9 Å². The lowest BCUT2D eigenvalue weighted by atomic mass is 9.91. The predicted molar refractivity (Wildman–Crippen MR) is 115 cm³/mol. The number of nitrogens with zero attached hydrogens (tertiary/aromatic N) is 3. The molecule has 5 nitrogen and oxygen atoms in total. The molecule has 2 aliphatic rings. The van der Waals surface area contributed by atoms with Crippen molar-refractivity contribution < 1.29 is 4.79 Å². The summed E-state index contributed by atoms with van der Waals surface area (Å²) >= 11 is 8.18. The number of thioether (sulfide) groups is 1. The van der Waals surface area contributed by atoms with Crippen LogP contribution in [0.1, 0.15) is 33.7 Å². The van der Waals surface area contributed by atoms with Crippen LogP contribution < -0.4 is 5.32 Å². The third-order valence-electron chi connectivity index (χ3n) is 5.74. The zero-order valence-electron chi connectivity index (χ0n) is 16.3. The molecule has 1 aromatic carbocycles. The Morgan fingerprint density at radius 1 is 1.32 bits per heavy atom. The Bertz CT molecular complexity index is 847. The number of aryl methyl sites for hydroxylation is 1. The SMILES string of the molecule is Cn1nc(C(=O)N2CCSCC2)c2c1CCC(NCCc1ccccc1Cl)C2. The third-order valence-corrected chi connectivity index (χ3v) is 7.05. The van der Waals surface area contributed by atoms with Crippen molar-refractivity contribution >= 4 is 29.3 Å². The summed E-state index contributed by atoms with van der Waals surface area (Å²) in [7, 11) is 1.97. The van der Waals surface area contributed by atoms with Gasteiger partial charge in [0.15, 0.2) is 5.69 Å². The number of amides is 1. The number of aromatic nitrogens is 2. The molecule has 1 saturated heterocycles. The highest BCUT2D eigenvalue weighted by atomic mass is 35.5. The summed E-state index contributed by atoms with van der Waals surface area (Å²) in [5, 5.41) is 9.11. The number of hydrogen-bond donors (Lipinski definition) is 1. The standard InChI is InChI=1S/C21H27ClN4OS/c1-25-19-7-6-16(23-9-8-15-4-2-3-5-18(15)22)14-17(19)20(24-25)21(27)26-10-12-28-13-11-26/h2-5,16,23H,6-14H2,1H3. The van der Waals surface area contributed by atoms with Crippen LogP contribution in [0.25, 0.3) is 0 Å². The van der Waals surface area contributed by atoms with Gasteiger partial charge in [-0.2, -0.15) is 16.9 Å². The first-order valence-electron chi connectivity index (χ1n) is 10.0. The average Bonchev–Trinajstić information content (AvgIpc) is 3.05. The molecule has 150 valence electrons. The lowest BCUT2D eigenvalue weighted by molar-refractivity contribution is 0.0764. The summed E-state index contributed by atoms with van der Waals surface area (Å²) in [4.78, 5) is 15.0. The second kappa shape index (κ2) is 8.89. The molecule has 0 bridgehead atoms. The van der Waals surface area contributed by atoms with E-state index in [0.29, 0.717) is 11.7 Å². The monoisotopic (exact) mass is 418 g/mol. The zero-order chi connectivity index (χ0) is 19.5. The summed E-state index contributed by atoms with van der Waals surface area (Å²) in [6.07, 6.45) is 3.82. The number of benzene rings is 1. The minimum Gasteiger partial charge on any atom is -0.336 e. The Hall–Kier alpha value is -1.50. The number of halogens is 1. The largest absolute Gasteiger partial charge is 0.336 e. The molecular formula is C21H27ClN4OS. The summed E-state index contributed by atoms with van der Waals surface area (Å²) < 4.78 is 1.92. The van der Waals surface area contributed by atoms with Gasteiger partial charge >= 0.3 is 0 Å². The Kier molecular flexibility index (Phi) is 6.28. The molecule has 28 heavy (non-hydrogen) atoms. The highest BCUT2D eigenvalue weighted by molar-refractivity contribution is 7.99. The number of fused-ring (bicyclic) bond motifs is 1. The Morgan fingerprint density at radius 2 is 2.11 bits per heavy atom. The fourth-order valence-corrected chi connectivity index (χ4v) is 5.30. The van der Waals surface area contributed by atoms with Gasteiger partial charge in [0, 0.05) is 54.0 Å². The fraction of sp³-hybridized carbons (Fsp3) is 0.524. The molecular weight excluding hydrogens is 392 g/mol. The smallest absolute Gasteiger partial charge is 0.274 e. The number of hydrogen-bond acceptors (Lipinski definition) is 4. The average molecular weight is 419 g/mol. The molecule has 0 saturated carbocycles. The van der Waals surface area contributed by atoms with Gasteiger partial charge in [-0.25, -0.2) is 0 Å². The van der Waals surface area contributed by atoms with Crippen LogP contribution in [0.2, 0.25) is 5.02 Å². The van der Waals surface area contributed by atoms with Crippen LogP contribution in [0.3, 0.4) is 0 Å². The molecule has 1 aliphatic carbocycles. The van der Waals surface area contributed by atoms with Crippen LogP contribution in [-0.2, 0) is 26.3 Å². The Labute approximate surface area is 175 Å². The minimum atomic E-state index is 0.105. The molecule has 7 heteroatoms. The highest BCUT2D eigenvalue weighted by Crippen LogP contribution is 2.26. The highest BCUT2D eigenvalue weighted by Gasteiger charge is 2.30.